The van der Waals surface area contributed by atoms with Gasteiger partial charge in [-0.3, -0.25) is 0 Å². The largest absolute Gasteiger partial charge is 0.307 e. The van der Waals surface area contributed by atoms with Gasteiger partial charge in [-0.1, -0.05) is 6.92 Å². The fourth-order valence-electron chi connectivity index (χ4n) is 0.118. The molecule has 0 aromatic carbocycles. The Morgan fingerprint density at radius 1 is 1.50 bits per heavy atom. The van der Waals surface area contributed by atoms with E-state index in [0.717, 1.165) is 12.7 Å². The van der Waals surface area contributed by atoms with E-state index in [1.165, 1.54) is 0 Å². The Hall–Kier alpha value is -0.141. The molecular weight excluding hydrogens is 148 g/mol. The maximum atomic E-state index is 9.40. The number of unbranched alkanes of at least 4 members (excludes halogenated alkanes) is 1. The van der Waals surface area contributed by atoms with Crippen molar-refractivity contribution in [3.63, 3.8) is 0 Å². The van der Waals surface area contributed by atoms with E-state index in [0.29, 0.717) is 6.42 Å². The zero-order valence-electron chi connectivity index (χ0n) is 4.87. The summed E-state index contributed by atoms with van der Waals surface area (Å²) in [7, 11) is 0. The van der Waals surface area contributed by atoms with Crippen molar-refractivity contribution in [2.75, 3.05) is 0 Å². The van der Waals surface area contributed by atoms with Crippen LogP contribution in [0.3, 0.4) is 0 Å². The molecule has 8 heavy (non-hydrogen) atoms. The van der Waals surface area contributed by atoms with Gasteiger partial charge in [-0.05, 0) is 6.42 Å². The minimum absolute atomic E-state index is 0. The number of aldehydes is 1. The topological polar surface area (TPSA) is 34.1 Å². The van der Waals surface area contributed by atoms with Crippen molar-refractivity contribution in [1.29, 1.82) is 0 Å². The van der Waals surface area contributed by atoms with E-state index in [1.807, 2.05) is 13.7 Å². The summed E-state index contributed by atoms with van der Waals surface area (Å²) in [4.78, 5) is 17.4. The third-order valence-electron chi connectivity index (χ3n) is 0.407. The van der Waals surface area contributed by atoms with Crippen LogP contribution in [0, 0.1) is 0 Å². The molecule has 0 N–H and O–H groups in total. The summed E-state index contributed by atoms with van der Waals surface area (Å²) in [6.07, 6.45) is 2.61. The van der Waals surface area contributed by atoms with Crippen LogP contribution in [0.25, 0.3) is 0 Å². The van der Waals surface area contributed by atoms with Crippen LogP contribution in [-0.4, -0.2) is 13.1 Å². The SMILES string of the molecule is C=O.CCCC=O.[Fe]. The van der Waals surface area contributed by atoms with Crippen LogP contribution >= 0.6 is 0 Å². The predicted molar refractivity (Wildman–Crippen MR) is 28.1 cm³/mol. The van der Waals surface area contributed by atoms with E-state index >= 15 is 0 Å². The molecule has 0 atom stereocenters. The average Bonchev–Trinajstić information content (AvgIpc) is 1.75. The average molecular weight is 158 g/mol. The van der Waals surface area contributed by atoms with E-state index in [-0.39, 0.29) is 17.1 Å². The maximum Gasteiger partial charge on any atom is 0.119 e. The molecule has 2 nitrogen and oxygen atoms in total. The third-order valence-corrected chi connectivity index (χ3v) is 0.407. The number of carbonyl (C=O) groups is 2. The molecule has 0 radical (unpaired) electrons. The van der Waals surface area contributed by atoms with Crippen molar-refractivity contribution in [3.8, 4) is 0 Å². The third kappa shape index (κ3) is 40.0. The van der Waals surface area contributed by atoms with Gasteiger partial charge in [0, 0.05) is 23.5 Å². The molecule has 0 spiro atoms. The van der Waals surface area contributed by atoms with Crippen LogP contribution in [0.15, 0.2) is 0 Å². The second-order valence-corrected chi connectivity index (χ2v) is 0.955. The summed E-state index contributed by atoms with van der Waals surface area (Å²) < 4.78 is 0. The van der Waals surface area contributed by atoms with Crippen LogP contribution in [-0.2, 0) is 26.7 Å². The van der Waals surface area contributed by atoms with E-state index < -0.39 is 0 Å². The van der Waals surface area contributed by atoms with E-state index in [9.17, 15) is 4.79 Å². The number of rotatable bonds is 2. The molecule has 0 aliphatic carbocycles. The molecule has 0 amide bonds. The fourth-order valence-corrected chi connectivity index (χ4v) is 0.118. The first-order valence-electron chi connectivity index (χ1n) is 2.14. The zero-order valence-corrected chi connectivity index (χ0v) is 5.97. The van der Waals surface area contributed by atoms with Gasteiger partial charge in [-0.15, -0.1) is 0 Å². The molecule has 0 unspecified atom stereocenters. The summed E-state index contributed by atoms with van der Waals surface area (Å²) in [5, 5.41) is 0. The molecule has 0 saturated heterocycles. The monoisotopic (exact) mass is 158 g/mol. The molecule has 0 bridgehead atoms. The molecule has 0 aliphatic rings. The van der Waals surface area contributed by atoms with E-state index in [2.05, 4.69) is 0 Å². The fraction of sp³-hybridized carbons (Fsp3) is 0.600. The van der Waals surface area contributed by atoms with Gasteiger partial charge in [0.15, 0.2) is 0 Å². The number of hydrogen-bond acceptors (Lipinski definition) is 2. The van der Waals surface area contributed by atoms with Gasteiger partial charge in [-0.25, -0.2) is 0 Å². The van der Waals surface area contributed by atoms with Crippen LogP contribution in [0.4, 0.5) is 0 Å². The standard InChI is InChI=1S/C4H8O.CH2O.Fe/c1-2-3-4-5;1-2;/h4H,2-3H2,1H3;1H2;. The minimum atomic E-state index is 0. The summed E-state index contributed by atoms with van der Waals surface area (Å²) in [6.45, 7) is 3.98. The van der Waals surface area contributed by atoms with Gasteiger partial charge >= 0.3 is 0 Å². The molecule has 0 aliphatic heterocycles. The molecule has 50 valence electrons. The normalized spacial score (nSPS) is 5.12. The Morgan fingerprint density at radius 2 is 1.88 bits per heavy atom. The van der Waals surface area contributed by atoms with Gasteiger partial charge in [0.25, 0.3) is 0 Å². The Bertz CT molecular complexity index is 39.4. The summed E-state index contributed by atoms with van der Waals surface area (Å²) in [5.41, 5.74) is 0. The molecule has 0 rings (SSSR count). The van der Waals surface area contributed by atoms with Crippen LogP contribution in [0.5, 0.6) is 0 Å². The second-order valence-electron chi connectivity index (χ2n) is 0.955. The first-order chi connectivity index (χ1) is 3.41. The van der Waals surface area contributed by atoms with Gasteiger partial charge in [0.1, 0.15) is 13.1 Å². The first kappa shape index (κ1) is 15.7. The van der Waals surface area contributed by atoms with Gasteiger partial charge in [-0.2, -0.15) is 0 Å². The molecule has 0 aromatic rings. The number of hydrogen-bond donors (Lipinski definition) is 0. The van der Waals surface area contributed by atoms with Crippen molar-refractivity contribution in [2.45, 2.75) is 19.8 Å². The Labute approximate surface area is 60.1 Å². The van der Waals surface area contributed by atoms with Gasteiger partial charge < -0.3 is 9.59 Å². The second kappa shape index (κ2) is 28.8. The van der Waals surface area contributed by atoms with Crippen LogP contribution in [0.1, 0.15) is 19.8 Å². The minimum Gasteiger partial charge on any atom is -0.307 e. The molecular formula is C5H10FeO2. The van der Waals surface area contributed by atoms with Crippen molar-refractivity contribution in [2.24, 2.45) is 0 Å². The summed E-state index contributed by atoms with van der Waals surface area (Å²) in [5.74, 6) is 0. The maximum absolute atomic E-state index is 9.40. The first-order valence-corrected chi connectivity index (χ1v) is 2.14. The zero-order chi connectivity index (χ0) is 6.12. The summed E-state index contributed by atoms with van der Waals surface area (Å²) in [6, 6.07) is 0. The quantitative estimate of drug-likeness (QED) is 0.439. The molecule has 0 fully saturated rings. The Balaban J connectivity index is -0.0000000750. The van der Waals surface area contributed by atoms with Gasteiger partial charge in [0.2, 0.25) is 0 Å². The molecule has 0 aromatic heterocycles. The van der Waals surface area contributed by atoms with Crippen molar-refractivity contribution < 1.29 is 26.7 Å². The molecule has 0 heterocycles. The molecule has 0 saturated carbocycles. The Kier molecular flexibility index (Phi) is 56.4. The smallest absolute Gasteiger partial charge is 0.119 e. The van der Waals surface area contributed by atoms with Crippen LogP contribution in [0.2, 0.25) is 0 Å². The van der Waals surface area contributed by atoms with E-state index in [4.69, 9.17) is 4.79 Å². The van der Waals surface area contributed by atoms with Gasteiger partial charge in [0.05, 0.1) is 0 Å². The molecule has 3 heteroatoms. The number of carbonyl (C=O) groups excluding carboxylic acids is 2. The van der Waals surface area contributed by atoms with Crippen molar-refractivity contribution in [1.82, 2.24) is 0 Å². The Morgan fingerprint density at radius 3 is 1.88 bits per heavy atom. The van der Waals surface area contributed by atoms with Crippen LogP contribution < -0.4 is 0 Å². The van der Waals surface area contributed by atoms with E-state index in [1.54, 1.807) is 0 Å². The summed E-state index contributed by atoms with van der Waals surface area (Å²) >= 11 is 0. The van der Waals surface area contributed by atoms with Crippen molar-refractivity contribution >= 4 is 13.1 Å². The van der Waals surface area contributed by atoms with Crippen molar-refractivity contribution in [3.05, 3.63) is 0 Å². The predicted octanol–water partition coefficient (Wildman–Crippen LogP) is 0.798.